The quantitative estimate of drug-likeness (QED) is 0.691. The molecule has 3 N–H and O–H groups in total. The van der Waals surface area contributed by atoms with Gasteiger partial charge in [-0.2, -0.15) is 0 Å². The lowest BCUT2D eigenvalue weighted by Gasteiger charge is -2.10. The van der Waals surface area contributed by atoms with E-state index in [-0.39, 0.29) is 12.5 Å². The van der Waals surface area contributed by atoms with E-state index in [1.165, 1.54) is 7.11 Å². The van der Waals surface area contributed by atoms with E-state index < -0.39 is 0 Å². The number of nitrogens with one attached hydrogen (secondary N) is 1. The highest BCUT2D eigenvalue weighted by molar-refractivity contribution is 5.91. The summed E-state index contributed by atoms with van der Waals surface area (Å²) in [7, 11) is 1.47. The van der Waals surface area contributed by atoms with Crippen LogP contribution in [0.3, 0.4) is 0 Å². The number of methoxy groups -OCH3 is 1. The summed E-state index contributed by atoms with van der Waals surface area (Å²) in [4.78, 5) is 20.3. The lowest BCUT2D eigenvalue weighted by atomic mass is 9.99. The van der Waals surface area contributed by atoms with Gasteiger partial charge in [0.15, 0.2) is 0 Å². The molecule has 2 heterocycles. The Morgan fingerprint density at radius 3 is 2.65 bits per heavy atom. The molecule has 3 aromatic rings. The number of pyridine rings is 2. The van der Waals surface area contributed by atoms with Gasteiger partial charge in [-0.15, -0.1) is 0 Å². The number of aromatic nitrogens is 2. The van der Waals surface area contributed by atoms with Crippen molar-refractivity contribution < 1.29 is 9.53 Å². The normalized spacial score (nSPS) is 10.5. The number of carbonyl (C=O) groups is 1. The van der Waals surface area contributed by atoms with Gasteiger partial charge in [-0.25, -0.2) is 4.98 Å². The van der Waals surface area contributed by atoms with Crippen molar-refractivity contribution >= 4 is 17.4 Å². The maximum atomic E-state index is 11.7. The fourth-order valence-corrected chi connectivity index (χ4v) is 2.67. The molecule has 0 spiro atoms. The molecule has 1 aromatic carbocycles. The van der Waals surface area contributed by atoms with Crippen molar-refractivity contribution in [1.82, 2.24) is 9.97 Å². The lowest BCUT2D eigenvalue weighted by Crippen LogP contribution is -2.17. The molecule has 132 valence electrons. The van der Waals surface area contributed by atoms with Crippen molar-refractivity contribution in [3.63, 3.8) is 0 Å². The van der Waals surface area contributed by atoms with Gasteiger partial charge in [-0.1, -0.05) is 6.07 Å². The van der Waals surface area contributed by atoms with Gasteiger partial charge in [-0.3, -0.25) is 9.78 Å². The summed E-state index contributed by atoms with van der Waals surface area (Å²) in [6.45, 7) is 2.03. The number of carbonyl (C=O) groups excluding carboxylic acids is 1. The van der Waals surface area contributed by atoms with Crippen LogP contribution in [-0.2, 0) is 9.53 Å². The summed E-state index contributed by atoms with van der Waals surface area (Å²) < 4.78 is 4.81. The number of hydrogen-bond donors (Lipinski definition) is 2. The van der Waals surface area contributed by atoms with E-state index in [1.807, 2.05) is 43.3 Å². The first kappa shape index (κ1) is 17.6. The first-order valence-corrected chi connectivity index (χ1v) is 8.14. The van der Waals surface area contributed by atoms with Gasteiger partial charge in [0.1, 0.15) is 12.4 Å². The number of nitrogens with zero attached hydrogens (tertiary/aromatic N) is 2. The molecule has 0 fully saturated rings. The Labute approximate surface area is 152 Å². The van der Waals surface area contributed by atoms with E-state index in [0.29, 0.717) is 5.82 Å². The van der Waals surface area contributed by atoms with Gasteiger partial charge in [0.25, 0.3) is 5.91 Å². The number of hydrogen-bond acceptors (Lipinski definition) is 5. The third kappa shape index (κ3) is 4.04. The van der Waals surface area contributed by atoms with Gasteiger partial charge < -0.3 is 15.8 Å². The third-order valence-corrected chi connectivity index (χ3v) is 3.93. The van der Waals surface area contributed by atoms with Crippen molar-refractivity contribution in [1.29, 1.82) is 0 Å². The first-order chi connectivity index (χ1) is 12.6. The molecule has 6 heteroatoms. The Morgan fingerprint density at radius 2 is 1.85 bits per heavy atom. The summed E-state index contributed by atoms with van der Waals surface area (Å²) in [5.41, 5.74) is 11.5. The summed E-state index contributed by atoms with van der Waals surface area (Å²) in [5, 5.41) is 2.70. The van der Waals surface area contributed by atoms with Gasteiger partial charge in [0, 0.05) is 30.8 Å². The molecule has 0 saturated carbocycles. The molecule has 6 nitrogen and oxygen atoms in total. The SMILES string of the molecule is COCC(=O)Nc1cc(-c2cc(-c3cc(N)ccc3C)ccn2)ccn1. The van der Waals surface area contributed by atoms with E-state index in [0.717, 1.165) is 33.6 Å². The first-order valence-electron chi connectivity index (χ1n) is 8.14. The van der Waals surface area contributed by atoms with Crippen molar-refractivity contribution in [2.45, 2.75) is 6.92 Å². The van der Waals surface area contributed by atoms with E-state index in [2.05, 4.69) is 15.3 Å². The number of benzene rings is 1. The molecule has 0 unspecified atom stereocenters. The van der Waals surface area contributed by atoms with Crippen LogP contribution >= 0.6 is 0 Å². The highest BCUT2D eigenvalue weighted by atomic mass is 16.5. The molecule has 0 aliphatic heterocycles. The number of ether oxygens (including phenoxy) is 1. The Morgan fingerprint density at radius 1 is 1.08 bits per heavy atom. The second-order valence-corrected chi connectivity index (χ2v) is 5.92. The van der Waals surface area contributed by atoms with E-state index >= 15 is 0 Å². The Balaban J connectivity index is 1.93. The predicted molar refractivity (Wildman–Crippen MR) is 103 cm³/mol. The number of rotatable bonds is 5. The molecule has 0 aliphatic rings. The van der Waals surface area contributed by atoms with Gasteiger partial charge >= 0.3 is 0 Å². The van der Waals surface area contributed by atoms with Gasteiger partial charge in [0.2, 0.25) is 0 Å². The zero-order valence-electron chi connectivity index (χ0n) is 14.7. The summed E-state index contributed by atoms with van der Waals surface area (Å²) >= 11 is 0. The van der Waals surface area contributed by atoms with Crippen LogP contribution in [0.2, 0.25) is 0 Å². The van der Waals surface area contributed by atoms with Gasteiger partial charge in [-0.05, 0) is 60.0 Å². The lowest BCUT2D eigenvalue weighted by molar-refractivity contribution is -0.119. The van der Waals surface area contributed by atoms with Crippen LogP contribution in [0.15, 0.2) is 54.9 Å². The largest absolute Gasteiger partial charge is 0.399 e. The van der Waals surface area contributed by atoms with Crippen LogP contribution < -0.4 is 11.1 Å². The van der Waals surface area contributed by atoms with Crippen molar-refractivity contribution in [2.75, 3.05) is 24.8 Å². The van der Waals surface area contributed by atoms with Gasteiger partial charge in [0.05, 0.1) is 5.69 Å². The molecule has 2 aromatic heterocycles. The summed E-state index contributed by atoms with van der Waals surface area (Å²) in [6.07, 6.45) is 3.40. The number of nitrogens with two attached hydrogens (primary N) is 1. The fraction of sp³-hybridized carbons (Fsp3) is 0.150. The van der Waals surface area contributed by atoms with Crippen molar-refractivity contribution in [3.05, 3.63) is 60.4 Å². The molecule has 0 bridgehead atoms. The summed E-state index contributed by atoms with van der Waals surface area (Å²) in [6, 6.07) is 13.4. The standard InChI is InChI=1S/C20H20N4O2/c1-13-3-4-16(21)11-17(13)14-5-7-22-18(9-14)15-6-8-23-19(10-15)24-20(25)12-26-2/h3-11H,12,21H2,1-2H3,(H,23,24,25). The zero-order valence-corrected chi connectivity index (χ0v) is 14.7. The predicted octanol–water partition coefficient (Wildman–Crippen LogP) is 3.29. The summed E-state index contributed by atoms with van der Waals surface area (Å²) in [5.74, 6) is 0.200. The van der Waals surface area contributed by atoms with Crippen LogP contribution in [0.4, 0.5) is 11.5 Å². The second-order valence-electron chi connectivity index (χ2n) is 5.92. The minimum absolute atomic E-state index is 0.0195. The molecule has 1 amide bonds. The minimum Gasteiger partial charge on any atom is -0.399 e. The Kier molecular flexibility index (Phi) is 5.24. The number of anilines is 2. The fourth-order valence-electron chi connectivity index (χ4n) is 2.67. The van der Waals surface area contributed by atoms with Crippen molar-refractivity contribution in [3.8, 4) is 22.4 Å². The van der Waals surface area contributed by atoms with E-state index in [4.69, 9.17) is 10.5 Å². The Bertz CT molecular complexity index is 941. The molecular weight excluding hydrogens is 328 g/mol. The van der Waals surface area contributed by atoms with E-state index in [1.54, 1.807) is 18.5 Å². The monoisotopic (exact) mass is 348 g/mol. The maximum absolute atomic E-state index is 11.7. The van der Waals surface area contributed by atoms with Crippen LogP contribution in [0.25, 0.3) is 22.4 Å². The van der Waals surface area contributed by atoms with Crippen LogP contribution in [0, 0.1) is 6.92 Å². The molecule has 3 rings (SSSR count). The third-order valence-electron chi connectivity index (χ3n) is 3.93. The molecule has 0 aliphatic carbocycles. The highest BCUT2D eigenvalue weighted by Crippen LogP contribution is 2.29. The Hall–Kier alpha value is -3.25. The molecule has 0 atom stereocenters. The molecular formula is C20H20N4O2. The smallest absolute Gasteiger partial charge is 0.251 e. The van der Waals surface area contributed by atoms with E-state index in [9.17, 15) is 4.79 Å². The van der Waals surface area contributed by atoms with Crippen molar-refractivity contribution in [2.24, 2.45) is 0 Å². The van der Waals surface area contributed by atoms with Crippen LogP contribution in [0.1, 0.15) is 5.56 Å². The second kappa shape index (κ2) is 7.76. The zero-order chi connectivity index (χ0) is 18.5. The van der Waals surface area contributed by atoms with Crippen LogP contribution in [-0.4, -0.2) is 29.6 Å². The average molecular weight is 348 g/mol. The minimum atomic E-state index is -0.255. The highest BCUT2D eigenvalue weighted by Gasteiger charge is 2.08. The number of nitrogen functional groups attached to an aromatic ring is 1. The van der Waals surface area contributed by atoms with Crippen LogP contribution in [0.5, 0.6) is 0 Å². The molecule has 0 radical (unpaired) electrons. The topological polar surface area (TPSA) is 90.1 Å². The number of aryl methyl sites for hydroxylation is 1. The molecule has 26 heavy (non-hydrogen) atoms. The number of amides is 1. The average Bonchev–Trinajstić information content (AvgIpc) is 2.64. The molecule has 0 saturated heterocycles. The maximum Gasteiger partial charge on any atom is 0.251 e.